The number of carbonyl (C=O) groups is 1. The van der Waals surface area contributed by atoms with E-state index in [1.54, 1.807) is 12.1 Å². The summed E-state index contributed by atoms with van der Waals surface area (Å²) >= 11 is 0. The van der Waals surface area contributed by atoms with Gasteiger partial charge in [-0.05, 0) is 36.2 Å². The first-order valence-electron chi connectivity index (χ1n) is 8.93. The Bertz CT molecular complexity index is 888. The van der Waals surface area contributed by atoms with E-state index >= 15 is 0 Å². The summed E-state index contributed by atoms with van der Waals surface area (Å²) in [4.78, 5) is 14.9. The molecular formula is C20H24N2O4S. The monoisotopic (exact) mass is 388 g/mol. The molecule has 0 aliphatic carbocycles. The second kappa shape index (κ2) is 8.65. The predicted octanol–water partition coefficient (Wildman–Crippen LogP) is 2.22. The number of benzene rings is 2. The first-order valence-corrected chi connectivity index (χ1v) is 10.8. The molecule has 0 radical (unpaired) electrons. The van der Waals surface area contributed by atoms with Crippen molar-refractivity contribution in [3.8, 4) is 0 Å². The van der Waals surface area contributed by atoms with Gasteiger partial charge < -0.3 is 10.1 Å². The fourth-order valence-corrected chi connectivity index (χ4v) is 3.93. The maximum Gasteiger partial charge on any atom is 0.256 e. The van der Waals surface area contributed by atoms with Crippen LogP contribution in [-0.2, 0) is 21.0 Å². The van der Waals surface area contributed by atoms with Crippen LogP contribution in [0.15, 0.2) is 53.4 Å². The average molecular weight is 388 g/mol. The van der Waals surface area contributed by atoms with Crippen LogP contribution in [0, 0.1) is 0 Å². The molecule has 1 saturated heterocycles. The molecule has 1 aliphatic rings. The Hall–Kier alpha value is -2.22. The van der Waals surface area contributed by atoms with Crippen LogP contribution in [0.3, 0.4) is 0 Å². The summed E-state index contributed by atoms with van der Waals surface area (Å²) in [6, 6.07) is 13.9. The third-order valence-corrected chi connectivity index (χ3v) is 5.72. The normalized spacial score (nSPS) is 15.4. The van der Waals surface area contributed by atoms with Crippen LogP contribution >= 0.6 is 0 Å². The summed E-state index contributed by atoms with van der Waals surface area (Å²) in [5.41, 5.74) is 1.98. The minimum absolute atomic E-state index is 0.0321. The van der Waals surface area contributed by atoms with E-state index in [-0.39, 0.29) is 10.5 Å². The summed E-state index contributed by atoms with van der Waals surface area (Å²) in [7, 11) is -3.47. The lowest BCUT2D eigenvalue weighted by Gasteiger charge is -2.26. The Morgan fingerprint density at radius 2 is 1.74 bits per heavy atom. The van der Waals surface area contributed by atoms with Gasteiger partial charge in [0.2, 0.25) is 0 Å². The topological polar surface area (TPSA) is 75.7 Å². The molecule has 144 valence electrons. The minimum Gasteiger partial charge on any atom is -0.379 e. The Balaban J connectivity index is 1.62. The highest BCUT2D eigenvalue weighted by Crippen LogP contribution is 2.18. The van der Waals surface area contributed by atoms with Crippen molar-refractivity contribution in [1.82, 2.24) is 4.90 Å². The average Bonchev–Trinajstić information content (AvgIpc) is 2.67. The molecule has 1 fully saturated rings. The molecule has 0 aromatic heterocycles. The van der Waals surface area contributed by atoms with E-state index in [1.165, 1.54) is 17.7 Å². The molecule has 1 amide bonds. The summed E-state index contributed by atoms with van der Waals surface area (Å²) in [6.07, 6.45) is 2.04. The van der Waals surface area contributed by atoms with Crippen molar-refractivity contribution >= 4 is 21.4 Å². The number of nitrogens with zero attached hydrogens (tertiary/aromatic N) is 1. The highest BCUT2D eigenvalue weighted by Gasteiger charge is 2.18. The SMILES string of the molecule is CS(=O)(=O)c1ccccc1C(=O)Nc1ccc(CCN2CCOCC2)cc1. The molecular weight excluding hydrogens is 364 g/mol. The lowest BCUT2D eigenvalue weighted by atomic mass is 10.1. The van der Waals surface area contributed by atoms with Crippen molar-refractivity contribution in [3.63, 3.8) is 0 Å². The number of carbonyl (C=O) groups excluding carboxylic acids is 1. The standard InChI is InChI=1S/C20H24N2O4S/c1-27(24,25)19-5-3-2-4-18(19)20(23)21-17-8-6-16(7-9-17)10-11-22-12-14-26-15-13-22/h2-9H,10-15H2,1H3,(H,21,23). The van der Waals surface area contributed by atoms with Gasteiger partial charge >= 0.3 is 0 Å². The first-order chi connectivity index (χ1) is 12.9. The second-order valence-electron chi connectivity index (χ2n) is 6.62. The maximum absolute atomic E-state index is 12.5. The van der Waals surface area contributed by atoms with Gasteiger partial charge in [-0.25, -0.2) is 8.42 Å². The molecule has 0 bridgehead atoms. The van der Waals surface area contributed by atoms with Crippen LogP contribution in [0.25, 0.3) is 0 Å². The van der Waals surface area contributed by atoms with Crippen LogP contribution in [0.2, 0.25) is 0 Å². The van der Waals surface area contributed by atoms with Crippen LogP contribution in [0.4, 0.5) is 5.69 Å². The van der Waals surface area contributed by atoms with Gasteiger partial charge in [-0.1, -0.05) is 24.3 Å². The Morgan fingerprint density at radius 1 is 1.07 bits per heavy atom. The van der Waals surface area contributed by atoms with E-state index in [0.717, 1.165) is 45.5 Å². The molecule has 0 spiro atoms. The van der Waals surface area contributed by atoms with Gasteiger partial charge in [0.25, 0.3) is 5.91 Å². The smallest absolute Gasteiger partial charge is 0.256 e. The highest BCUT2D eigenvalue weighted by molar-refractivity contribution is 7.90. The van der Waals surface area contributed by atoms with Gasteiger partial charge in [0.1, 0.15) is 0 Å². The molecule has 7 heteroatoms. The van der Waals surface area contributed by atoms with E-state index in [4.69, 9.17) is 4.74 Å². The number of amides is 1. The molecule has 3 rings (SSSR count). The van der Waals surface area contributed by atoms with Gasteiger partial charge in [0, 0.05) is 31.6 Å². The Labute approximate surface area is 160 Å². The number of sulfone groups is 1. The van der Waals surface area contributed by atoms with Crippen molar-refractivity contribution in [3.05, 3.63) is 59.7 Å². The van der Waals surface area contributed by atoms with Gasteiger partial charge in [-0.2, -0.15) is 0 Å². The fraction of sp³-hybridized carbons (Fsp3) is 0.350. The van der Waals surface area contributed by atoms with Gasteiger partial charge in [0.05, 0.1) is 23.7 Å². The second-order valence-corrected chi connectivity index (χ2v) is 8.61. The minimum atomic E-state index is -3.47. The molecule has 2 aromatic rings. The lowest BCUT2D eigenvalue weighted by molar-refractivity contribution is 0.0384. The summed E-state index contributed by atoms with van der Waals surface area (Å²) in [6.45, 7) is 4.50. The van der Waals surface area contributed by atoms with E-state index in [0.29, 0.717) is 5.69 Å². The Morgan fingerprint density at radius 3 is 2.41 bits per heavy atom. The molecule has 6 nitrogen and oxygen atoms in total. The van der Waals surface area contributed by atoms with Crippen LogP contribution < -0.4 is 5.32 Å². The number of nitrogens with one attached hydrogen (secondary N) is 1. The molecule has 27 heavy (non-hydrogen) atoms. The number of morpholine rings is 1. The fourth-order valence-electron chi connectivity index (χ4n) is 3.04. The van der Waals surface area contributed by atoms with Crippen LogP contribution in [0.5, 0.6) is 0 Å². The number of rotatable bonds is 6. The molecule has 0 atom stereocenters. The van der Waals surface area contributed by atoms with Gasteiger partial charge in [-0.3, -0.25) is 9.69 Å². The number of anilines is 1. The van der Waals surface area contributed by atoms with Crippen molar-refractivity contribution < 1.29 is 17.9 Å². The highest BCUT2D eigenvalue weighted by atomic mass is 32.2. The molecule has 0 unspecified atom stereocenters. The van der Waals surface area contributed by atoms with E-state index < -0.39 is 15.7 Å². The third kappa shape index (κ3) is 5.38. The zero-order chi connectivity index (χ0) is 19.3. The van der Waals surface area contributed by atoms with Gasteiger partial charge in [-0.15, -0.1) is 0 Å². The summed E-state index contributed by atoms with van der Waals surface area (Å²) in [5, 5.41) is 2.77. The largest absolute Gasteiger partial charge is 0.379 e. The quantitative estimate of drug-likeness (QED) is 0.821. The molecule has 1 heterocycles. The van der Waals surface area contributed by atoms with Gasteiger partial charge in [0.15, 0.2) is 9.84 Å². The zero-order valence-corrected chi connectivity index (χ0v) is 16.2. The predicted molar refractivity (Wildman–Crippen MR) is 105 cm³/mol. The number of hydrogen-bond donors (Lipinski definition) is 1. The van der Waals surface area contributed by atoms with Crippen LogP contribution in [-0.4, -0.2) is 58.3 Å². The molecule has 1 aliphatic heterocycles. The summed E-state index contributed by atoms with van der Waals surface area (Å²) < 4.78 is 29.1. The molecule has 1 N–H and O–H groups in total. The van der Waals surface area contributed by atoms with Crippen molar-refractivity contribution in [1.29, 1.82) is 0 Å². The van der Waals surface area contributed by atoms with Crippen LogP contribution in [0.1, 0.15) is 15.9 Å². The Kier molecular flexibility index (Phi) is 6.26. The van der Waals surface area contributed by atoms with Crippen molar-refractivity contribution in [2.24, 2.45) is 0 Å². The van der Waals surface area contributed by atoms with Crippen molar-refractivity contribution in [2.75, 3.05) is 44.4 Å². The van der Waals surface area contributed by atoms with Crippen molar-refractivity contribution in [2.45, 2.75) is 11.3 Å². The number of hydrogen-bond acceptors (Lipinski definition) is 5. The third-order valence-electron chi connectivity index (χ3n) is 4.56. The molecule has 0 saturated carbocycles. The van der Waals surface area contributed by atoms with E-state index in [2.05, 4.69) is 10.2 Å². The molecule has 2 aromatic carbocycles. The summed E-state index contributed by atoms with van der Waals surface area (Å²) in [5.74, 6) is -0.433. The first kappa shape index (κ1) is 19.5. The lowest BCUT2D eigenvalue weighted by Crippen LogP contribution is -2.37. The zero-order valence-electron chi connectivity index (χ0n) is 15.3. The maximum atomic E-state index is 12.5. The number of ether oxygens (including phenoxy) is 1. The van der Waals surface area contributed by atoms with E-state index in [1.807, 2.05) is 24.3 Å². The van der Waals surface area contributed by atoms with E-state index in [9.17, 15) is 13.2 Å².